The summed E-state index contributed by atoms with van der Waals surface area (Å²) in [4.78, 5) is 14.1. The highest BCUT2D eigenvalue weighted by molar-refractivity contribution is 14.1. The number of amides is 1. The highest BCUT2D eigenvalue weighted by Crippen LogP contribution is 2.23. The van der Waals surface area contributed by atoms with Gasteiger partial charge in [0.25, 0.3) is 5.91 Å². The Bertz CT molecular complexity index is 437. The molecule has 0 aromatic heterocycles. The van der Waals surface area contributed by atoms with Gasteiger partial charge >= 0.3 is 0 Å². The third-order valence-corrected chi connectivity index (χ3v) is 5.25. The topological polar surface area (TPSA) is 20.3 Å². The van der Waals surface area contributed by atoms with Crippen molar-refractivity contribution in [1.82, 2.24) is 4.90 Å². The number of alkyl halides is 1. The van der Waals surface area contributed by atoms with E-state index in [0.29, 0.717) is 10.6 Å². The molecule has 0 bridgehead atoms. The molecule has 5 heteroatoms. The van der Waals surface area contributed by atoms with Gasteiger partial charge in [-0.3, -0.25) is 4.79 Å². The Labute approximate surface area is 129 Å². The second-order valence-corrected chi connectivity index (χ2v) is 6.59. The number of carbonyl (C=O) groups is 1. The first-order chi connectivity index (χ1) is 7.79. The normalized spacial score (nSPS) is 11.4. The predicted octanol–water partition coefficient (Wildman–Crippen LogP) is 4.19. The predicted molar refractivity (Wildman–Crippen MR) is 84.1 cm³/mol. The van der Waals surface area contributed by atoms with Crippen LogP contribution in [0.2, 0.25) is 5.02 Å². The molecule has 0 heterocycles. The zero-order valence-corrected chi connectivity index (χ0v) is 14.4. The van der Waals surface area contributed by atoms with Gasteiger partial charge in [-0.25, -0.2) is 0 Å². The largest absolute Gasteiger partial charge is 0.336 e. The molecule has 1 aromatic rings. The summed E-state index contributed by atoms with van der Waals surface area (Å²) in [6.45, 7) is 4.02. The Hall–Kier alpha value is 0.190. The molecule has 0 unspecified atom stereocenters. The lowest BCUT2D eigenvalue weighted by Gasteiger charge is -2.34. The van der Waals surface area contributed by atoms with Crippen LogP contribution >= 0.6 is 50.1 Å². The van der Waals surface area contributed by atoms with Gasteiger partial charge in [0, 0.05) is 26.5 Å². The monoisotopic (exact) mass is 429 g/mol. The summed E-state index contributed by atoms with van der Waals surface area (Å²) in [6.07, 6.45) is 0. The minimum absolute atomic E-state index is 0.0126. The third kappa shape index (κ3) is 3.58. The Morgan fingerprint density at radius 3 is 2.65 bits per heavy atom. The van der Waals surface area contributed by atoms with Crippen molar-refractivity contribution in [2.24, 2.45) is 0 Å². The maximum atomic E-state index is 12.4. The smallest absolute Gasteiger partial charge is 0.255 e. The van der Waals surface area contributed by atoms with E-state index in [1.54, 1.807) is 24.1 Å². The number of hydrogen-bond donors (Lipinski definition) is 0. The lowest BCUT2D eigenvalue weighted by molar-refractivity contribution is 0.0662. The molecule has 0 spiro atoms. The van der Waals surface area contributed by atoms with Crippen molar-refractivity contribution in [3.8, 4) is 0 Å². The van der Waals surface area contributed by atoms with Crippen molar-refractivity contribution in [2.75, 3.05) is 12.4 Å². The molecule has 0 radical (unpaired) electrons. The molecule has 2 nitrogen and oxygen atoms in total. The first kappa shape index (κ1) is 15.2. The quantitative estimate of drug-likeness (QED) is 0.520. The standard InChI is InChI=1S/C12H14BrClINO/c1-12(2,7-13)16(3)11(17)9-6-8(14)4-5-10(9)15/h4-6H,7H2,1-3H3. The molecule has 0 saturated carbocycles. The van der Waals surface area contributed by atoms with Crippen molar-refractivity contribution in [3.05, 3.63) is 32.4 Å². The van der Waals surface area contributed by atoms with Gasteiger partial charge < -0.3 is 4.90 Å². The molecule has 17 heavy (non-hydrogen) atoms. The second kappa shape index (κ2) is 5.89. The molecule has 1 rings (SSSR count). The average molecular weight is 431 g/mol. The fourth-order valence-electron chi connectivity index (χ4n) is 1.21. The minimum atomic E-state index is -0.234. The number of carbonyl (C=O) groups excluding carboxylic acids is 1. The van der Waals surface area contributed by atoms with E-state index >= 15 is 0 Å². The molecular formula is C12H14BrClINO. The SMILES string of the molecule is CN(C(=O)c1cc(Cl)ccc1I)C(C)(C)CBr. The Morgan fingerprint density at radius 2 is 2.12 bits per heavy atom. The van der Waals surface area contributed by atoms with Gasteiger partial charge in [-0.15, -0.1) is 0 Å². The summed E-state index contributed by atoms with van der Waals surface area (Å²) in [5.74, 6) is -0.0126. The number of rotatable bonds is 3. The highest BCUT2D eigenvalue weighted by atomic mass is 127. The third-order valence-electron chi connectivity index (χ3n) is 2.70. The van der Waals surface area contributed by atoms with Crippen LogP contribution in [-0.4, -0.2) is 28.7 Å². The van der Waals surface area contributed by atoms with Crippen LogP contribution in [-0.2, 0) is 0 Å². The van der Waals surface area contributed by atoms with Crippen LogP contribution in [0.25, 0.3) is 0 Å². The van der Waals surface area contributed by atoms with E-state index < -0.39 is 0 Å². The van der Waals surface area contributed by atoms with Gasteiger partial charge in [0.05, 0.1) is 5.56 Å². The van der Waals surface area contributed by atoms with E-state index in [4.69, 9.17) is 11.6 Å². The Morgan fingerprint density at radius 1 is 1.53 bits per heavy atom. The molecule has 1 amide bonds. The van der Waals surface area contributed by atoms with Gasteiger partial charge in [0.15, 0.2) is 0 Å². The summed E-state index contributed by atoms with van der Waals surface area (Å²) in [5.41, 5.74) is 0.414. The maximum absolute atomic E-state index is 12.4. The molecule has 0 N–H and O–H groups in total. The molecule has 0 aliphatic carbocycles. The van der Waals surface area contributed by atoms with Crippen molar-refractivity contribution in [3.63, 3.8) is 0 Å². The van der Waals surface area contributed by atoms with Crippen LogP contribution in [0.3, 0.4) is 0 Å². The van der Waals surface area contributed by atoms with Gasteiger partial charge in [0.2, 0.25) is 0 Å². The first-order valence-corrected chi connectivity index (χ1v) is 7.66. The van der Waals surface area contributed by atoms with E-state index in [9.17, 15) is 4.79 Å². The maximum Gasteiger partial charge on any atom is 0.255 e. The molecule has 0 aliphatic rings. The van der Waals surface area contributed by atoms with E-state index in [0.717, 1.165) is 8.90 Å². The number of halogens is 3. The minimum Gasteiger partial charge on any atom is -0.336 e. The summed E-state index contributed by atoms with van der Waals surface area (Å²) >= 11 is 11.5. The van der Waals surface area contributed by atoms with Crippen molar-refractivity contribution < 1.29 is 4.79 Å². The molecule has 0 saturated heterocycles. The zero-order chi connectivity index (χ0) is 13.2. The van der Waals surface area contributed by atoms with Crippen LogP contribution < -0.4 is 0 Å². The van der Waals surface area contributed by atoms with Crippen LogP contribution in [0.15, 0.2) is 18.2 Å². The second-order valence-electron chi connectivity index (χ2n) is 4.43. The molecule has 0 aliphatic heterocycles. The van der Waals surface area contributed by atoms with Crippen LogP contribution in [0.4, 0.5) is 0 Å². The molecule has 94 valence electrons. The summed E-state index contributed by atoms with van der Waals surface area (Å²) in [6, 6.07) is 5.35. The molecule has 0 atom stereocenters. The lowest BCUT2D eigenvalue weighted by Crippen LogP contribution is -2.46. The fourth-order valence-corrected chi connectivity index (χ4v) is 2.32. The van der Waals surface area contributed by atoms with E-state index in [1.807, 2.05) is 19.9 Å². The van der Waals surface area contributed by atoms with Crippen LogP contribution in [0, 0.1) is 3.57 Å². The van der Waals surface area contributed by atoms with Crippen molar-refractivity contribution in [1.29, 1.82) is 0 Å². The van der Waals surface area contributed by atoms with Crippen molar-refractivity contribution in [2.45, 2.75) is 19.4 Å². The number of benzene rings is 1. The van der Waals surface area contributed by atoms with Gasteiger partial charge in [-0.2, -0.15) is 0 Å². The Balaban J connectivity index is 3.08. The fraction of sp³-hybridized carbons (Fsp3) is 0.417. The molecule has 1 aromatic carbocycles. The summed E-state index contributed by atoms with van der Waals surface area (Å²) < 4.78 is 0.911. The van der Waals surface area contributed by atoms with E-state index in [2.05, 4.69) is 38.5 Å². The number of nitrogens with zero attached hydrogens (tertiary/aromatic N) is 1. The van der Waals surface area contributed by atoms with E-state index in [-0.39, 0.29) is 11.4 Å². The zero-order valence-electron chi connectivity index (χ0n) is 9.93. The molecule has 0 fully saturated rings. The first-order valence-electron chi connectivity index (χ1n) is 5.09. The summed E-state index contributed by atoms with van der Waals surface area (Å²) in [5, 5.41) is 1.30. The van der Waals surface area contributed by atoms with Crippen LogP contribution in [0.5, 0.6) is 0 Å². The highest BCUT2D eigenvalue weighted by Gasteiger charge is 2.28. The van der Waals surface area contributed by atoms with Gasteiger partial charge in [0.1, 0.15) is 0 Å². The Kier molecular flexibility index (Phi) is 5.28. The number of hydrogen-bond acceptors (Lipinski definition) is 1. The average Bonchev–Trinajstić information content (AvgIpc) is 2.30. The van der Waals surface area contributed by atoms with Crippen LogP contribution in [0.1, 0.15) is 24.2 Å². The molecular weight excluding hydrogens is 416 g/mol. The van der Waals surface area contributed by atoms with Gasteiger partial charge in [-0.05, 0) is 54.6 Å². The summed E-state index contributed by atoms with van der Waals surface area (Å²) in [7, 11) is 1.81. The van der Waals surface area contributed by atoms with Crippen molar-refractivity contribution >= 4 is 56.0 Å². The van der Waals surface area contributed by atoms with Gasteiger partial charge in [-0.1, -0.05) is 27.5 Å². The lowest BCUT2D eigenvalue weighted by atomic mass is 10.1. The van der Waals surface area contributed by atoms with E-state index in [1.165, 1.54) is 0 Å².